The number of ether oxygens (including phenoxy) is 1. The number of likely N-dealkylation sites (tertiary alicyclic amines) is 1. The molecule has 0 radical (unpaired) electrons. The summed E-state index contributed by atoms with van der Waals surface area (Å²) in [6.45, 7) is 0.153. The first-order valence-corrected chi connectivity index (χ1v) is 11.4. The average molecular weight is 472 g/mol. The second-order valence-corrected chi connectivity index (χ2v) is 8.73. The molecular formula is C27H24N2O6. The number of hydrogen-bond donors (Lipinski definition) is 3. The van der Waals surface area contributed by atoms with Crippen molar-refractivity contribution in [2.45, 2.75) is 24.5 Å². The van der Waals surface area contributed by atoms with Crippen molar-refractivity contribution >= 4 is 23.7 Å². The van der Waals surface area contributed by atoms with Crippen LogP contribution in [0.3, 0.4) is 0 Å². The van der Waals surface area contributed by atoms with Crippen molar-refractivity contribution in [2.75, 3.05) is 18.5 Å². The quantitative estimate of drug-likeness (QED) is 0.521. The molecule has 2 aliphatic rings. The summed E-state index contributed by atoms with van der Waals surface area (Å²) in [7, 11) is 0. The molecule has 3 aromatic rings. The number of carboxylic acids is 1. The summed E-state index contributed by atoms with van der Waals surface area (Å²) < 4.78 is 5.54. The highest BCUT2D eigenvalue weighted by atomic mass is 16.5. The lowest BCUT2D eigenvalue weighted by molar-refractivity contribution is -0.141. The van der Waals surface area contributed by atoms with E-state index in [9.17, 15) is 24.6 Å². The van der Waals surface area contributed by atoms with E-state index in [1.165, 1.54) is 12.1 Å². The van der Waals surface area contributed by atoms with E-state index < -0.39 is 30.1 Å². The predicted octanol–water partition coefficient (Wildman–Crippen LogP) is 3.71. The monoisotopic (exact) mass is 472 g/mol. The molecule has 8 heteroatoms. The summed E-state index contributed by atoms with van der Waals surface area (Å²) in [6.07, 6.45) is -1.48. The van der Waals surface area contributed by atoms with Crippen LogP contribution < -0.4 is 5.32 Å². The number of aliphatic hydroxyl groups excluding tert-OH is 1. The zero-order chi connectivity index (χ0) is 24.5. The van der Waals surface area contributed by atoms with Gasteiger partial charge in [-0.05, 0) is 46.5 Å². The number of nitrogens with zero attached hydrogens (tertiary/aromatic N) is 1. The lowest BCUT2D eigenvalue weighted by atomic mass is 9.98. The number of β-amino-alcohol motifs (C(OH)–C–C–N with tert-alkyl or cyclic N) is 1. The molecule has 3 N–H and O–H groups in total. The van der Waals surface area contributed by atoms with Gasteiger partial charge in [0.2, 0.25) is 0 Å². The molecule has 3 aromatic carbocycles. The Kier molecular flexibility index (Phi) is 5.96. The Labute approximate surface area is 201 Å². The zero-order valence-corrected chi connectivity index (χ0v) is 18.8. The van der Waals surface area contributed by atoms with E-state index in [0.29, 0.717) is 5.69 Å². The van der Waals surface area contributed by atoms with Crippen LogP contribution in [0.2, 0.25) is 0 Å². The largest absolute Gasteiger partial charge is 0.480 e. The van der Waals surface area contributed by atoms with Gasteiger partial charge >= 0.3 is 12.1 Å². The fourth-order valence-electron chi connectivity index (χ4n) is 4.89. The van der Waals surface area contributed by atoms with Crippen LogP contribution >= 0.6 is 0 Å². The summed E-state index contributed by atoms with van der Waals surface area (Å²) >= 11 is 0. The van der Waals surface area contributed by atoms with Gasteiger partial charge in [0.25, 0.3) is 5.91 Å². The molecule has 0 unspecified atom stereocenters. The Morgan fingerprint density at radius 2 is 1.51 bits per heavy atom. The first-order chi connectivity index (χ1) is 16.9. The number of hydrogen-bond acceptors (Lipinski definition) is 5. The standard InChI is InChI=1S/C27H24N2O6/c30-18-13-24(26(32)33)29(14-18)25(31)16-9-11-17(12-10-16)28-27(34)35-15-23-21-7-3-1-5-19(21)20-6-2-4-8-22(20)23/h1-12,18,23-24,30H,13-15H2,(H,28,34)(H,32,33)/t18-,24-/m1/s1. The van der Waals surface area contributed by atoms with Crippen LogP contribution in [-0.4, -0.2) is 58.4 Å². The number of nitrogens with one attached hydrogen (secondary N) is 1. The molecular weight excluding hydrogens is 448 g/mol. The molecule has 1 aliphatic heterocycles. The Balaban J connectivity index is 1.21. The van der Waals surface area contributed by atoms with E-state index in [4.69, 9.17) is 4.74 Å². The van der Waals surface area contributed by atoms with E-state index in [2.05, 4.69) is 17.4 Å². The SMILES string of the molecule is O=C(Nc1ccc(C(=O)N2C[C@H](O)C[C@@H]2C(=O)O)cc1)OCC1c2ccccc2-c2ccccc21. The number of fused-ring (bicyclic) bond motifs is 3. The number of amides is 2. The van der Waals surface area contributed by atoms with Crippen molar-refractivity contribution in [2.24, 2.45) is 0 Å². The number of aliphatic carboxylic acids is 1. The molecule has 1 saturated heterocycles. The lowest BCUT2D eigenvalue weighted by Crippen LogP contribution is -2.40. The van der Waals surface area contributed by atoms with Crippen molar-refractivity contribution in [1.29, 1.82) is 0 Å². The number of anilines is 1. The summed E-state index contributed by atoms with van der Waals surface area (Å²) in [5.41, 5.74) is 5.24. The molecule has 1 aliphatic carbocycles. The van der Waals surface area contributed by atoms with Crippen molar-refractivity contribution < 1.29 is 29.3 Å². The van der Waals surface area contributed by atoms with Gasteiger partial charge in [0.15, 0.2) is 0 Å². The first kappa shape index (κ1) is 22.6. The average Bonchev–Trinajstić information content (AvgIpc) is 3.41. The van der Waals surface area contributed by atoms with E-state index in [1.807, 2.05) is 36.4 Å². The third kappa shape index (κ3) is 4.36. The lowest BCUT2D eigenvalue weighted by Gasteiger charge is -2.21. The summed E-state index contributed by atoms with van der Waals surface area (Å²) in [5, 5.41) is 21.8. The molecule has 0 spiro atoms. The number of carbonyl (C=O) groups is 3. The molecule has 0 saturated carbocycles. The first-order valence-electron chi connectivity index (χ1n) is 11.4. The maximum Gasteiger partial charge on any atom is 0.411 e. The minimum Gasteiger partial charge on any atom is -0.480 e. The van der Waals surface area contributed by atoms with Crippen LogP contribution in [0.4, 0.5) is 10.5 Å². The number of carboxylic acid groups (broad SMARTS) is 1. The molecule has 178 valence electrons. The van der Waals surface area contributed by atoms with Crippen LogP contribution in [0.5, 0.6) is 0 Å². The van der Waals surface area contributed by atoms with Crippen LogP contribution in [0, 0.1) is 0 Å². The van der Waals surface area contributed by atoms with Gasteiger partial charge in [-0.25, -0.2) is 9.59 Å². The summed E-state index contributed by atoms with van der Waals surface area (Å²) in [6, 6.07) is 21.2. The van der Waals surface area contributed by atoms with Crippen molar-refractivity contribution in [3.63, 3.8) is 0 Å². The van der Waals surface area contributed by atoms with Gasteiger partial charge in [-0.2, -0.15) is 0 Å². The van der Waals surface area contributed by atoms with Crippen molar-refractivity contribution in [1.82, 2.24) is 4.90 Å². The molecule has 2 atom stereocenters. The maximum absolute atomic E-state index is 12.7. The fraction of sp³-hybridized carbons (Fsp3) is 0.222. The van der Waals surface area contributed by atoms with E-state index in [1.54, 1.807) is 12.1 Å². The topological polar surface area (TPSA) is 116 Å². The van der Waals surface area contributed by atoms with E-state index in [-0.39, 0.29) is 31.1 Å². The number of benzene rings is 3. The van der Waals surface area contributed by atoms with Gasteiger partial charge in [0.1, 0.15) is 12.6 Å². The Morgan fingerprint density at radius 1 is 0.914 bits per heavy atom. The predicted molar refractivity (Wildman–Crippen MR) is 128 cm³/mol. The second-order valence-electron chi connectivity index (χ2n) is 8.73. The molecule has 1 heterocycles. The van der Waals surface area contributed by atoms with E-state index >= 15 is 0 Å². The molecule has 0 bridgehead atoms. The summed E-state index contributed by atoms with van der Waals surface area (Å²) in [5.74, 6) is -1.68. The Bertz CT molecular complexity index is 1240. The number of aliphatic hydroxyl groups is 1. The highest BCUT2D eigenvalue weighted by molar-refractivity contribution is 5.97. The minimum absolute atomic E-state index is 0.00248. The van der Waals surface area contributed by atoms with Crippen molar-refractivity contribution in [3.8, 4) is 11.1 Å². The van der Waals surface area contributed by atoms with Gasteiger partial charge in [-0.1, -0.05) is 48.5 Å². The zero-order valence-electron chi connectivity index (χ0n) is 18.8. The summed E-state index contributed by atoms with van der Waals surface area (Å²) in [4.78, 5) is 37.8. The molecule has 0 aromatic heterocycles. The van der Waals surface area contributed by atoms with Crippen LogP contribution in [0.15, 0.2) is 72.8 Å². The Morgan fingerprint density at radius 3 is 2.11 bits per heavy atom. The molecule has 5 rings (SSSR count). The highest BCUT2D eigenvalue weighted by Gasteiger charge is 2.39. The highest BCUT2D eigenvalue weighted by Crippen LogP contribution is 2.44. The van der Waals surface area contributed by atoms with Gasteiger partial charge in [0, 0.05) is 30.1 Å². The fourth-order valence-corrected chi connectivity index (χ4v) is 4.89. The smallest absolute Gasteiger partial charge is 0.411 e. The van der Waals surface area contributed by atoms with Gasteiger partial charge in [0.05, 0.1) is 6.10 Å². The molecule has 2 amide bonds. The molecule has 1 fully saturated rings. The second kappa shape index (κ2) is 9.23. The third-order valence-electron chi connectivity index (χ3n) is 6.55. The van der Waals surface area contributed by atoms with Crippen LogP contribution in [-0.2, 0) is 9.53 Å². The van der Waals surface area contributed by atoms with Gasteiger partial charge < -0.3 is 19.8 Å². The van der Waals surface area contributed by atoms with E-state index in [0.717, 1.165) is 27.2 Å². The van der Waals surface area contributed by atoms with Gasteiger partial charge in [-0.3, -0.25) is 10.1 Å². The normalized spacial score (nSPS) is 18.6. The van der Waals surface area contributed by atoms with Crippen LogP contribution in [0.25, 0.3) is 11.1 Å². The number of rotatable bonds is 5. The minimum atomic E-state index is -1.15. The van der Waals surface area contributed by atoms with Gasteiger partial charge in [-0.15, -0.1) is 0 Å². The maximum atomic E-state index is 12.7. The Hall–Kier alpha value is -4.17. The molecule has 8 nitrogen and oxygen atoms in total. The molecule has 35 heavy (non-hydrogen) atoms. The number of carbonyl (C=O) groups excluding carboxylic acids is 2. The van der Waals surface area contributed by atoms with Crippen molar-refractivity contribution in [3.05, 3.63) is 89.5 Å². The third-order valence-corrected chi connectivity index (χ3v) is 6.55. The van der Waals surface area contributed by atoms with Crippen LogP contribution in [0.1, 0.15) is 33.8 Å².